The number of Topliss-reactive ketones (excluding diaryl/α,β-unsaturated/α-hetero) is 1. The summed E-state index contributed by atoms with van der Waals surface area (Å²) >= 11 is 0. The zero-order chi connectivity index (χ0) is 15.1. The molecule has 22 heavy (non-hydrogen) atoms. The molecule has 0 fully saturated rings. The summed E-state index contributed by atoms with van der Waals surface area (Å²) in [4.78, 5) is 12.2. The number of benzene rings is 3. The van der Waals surface area contributed by atoms with Crippen LogP contribution in [-0.4, -0.2) is 5.78 Å². The fourth-order valence-electron chi connectivity index (χ4n) is 3.34. The van der Waals surface area contributed by atoms with E-state index < -0.39 is 0 Å². The maximum atomic E-state index is 12.2. The third-order valence-corrected chi connectivity index (χ3v) is 4.43. The number of hydrogen-bond donors (Lipinski definition) is 0. The van der Waals surface area contributed by atoms with E-state index in [4.69, 9.17) is 0 Å². The fourth-order valence-corrected chi connectivity index (χ4v) is 3.34. The van der Waals surface area contributed by atoms with Crippen LogP contribution in [0.3, 0.4) is 0 Å². The Kier molecular flexibility index (Phi) is 2.93. The molecule has 0 radical (unpaired) electrons. The summed E-state index contributed by atoms with van der Waals surface area (Å²) in [6.45, 7) is 1.65. The fraction of sp³-hybridized carbons (Fsp3) is 0.0952. The Labute approximate surface area is 129 Å². The van der Waals surface area contributed by atoms with E-state index in [9.17, 15) is 4.79 Å². The topological polar surface area (TPSA) is 17.1 Å². The second kappa shape index (κ2) is 4.96. The van der Waals surface area contributed by atoms with Crippen LogP contribution in [0.15, 0.2) is 66.7 Å². The normalized spacial score (nSPS) is 16.0. The van der Waals surface area contributed by atoms with Crippen molar-refractivity contribution in [1.82, 2.24) is 0 Å². The molecule has 0 amide bonds. The van der Waals surface area contributed by atoms with Gasteiger partial charge in [-0.3, -0.25) is 4.79 Å². The summed E-state index contributed by atoms with van der Waals surface area (Å²) in [7, 11) is 0. The number of fused-ring (bicyclic) bond motifs is 2. The molecule has 1 aliphatic carbocycles. The molecule has 0 aliphatic heterocycles. The molecule has 0 N–H and O–H groups in total. The van der Waals surface area contributed by atoms with Gasteiger partial charge in [0.25, 0.3) is 0 Å². The van der Waals surface area contributed by atoms with E-state index in [0.29, 0.717) is 0 Å². The SMILES string of the molecule is CC(=O)c1cc2ccccc2cc1C1C=Cc2ccccc21. The van der Waals surface area contributed by atoms with Crippen LogP contribution in [0.4, 0.5) is 0 Å². The minimum atomic E-state index is 0.124. The summed E-state index contributed by atoms with van der Waals surface area (Å²) in [6, 6.07) is 20.8. The average Bonchev–Trinajstić information content (AvgIpc) is 2.97. The van der Waals surface area contributed by atoms with Crippen molar-refractivity contribution in [2.45, 2.75) is 12.8 Å². The Morgan fingerprint density at radius 1 is 0.864 bits per heavy atom. The second-order valence-electron chi connectivity index (χ2n) is 5.81. The van der Waals surface area contributed by atoms with Crippen LogP contribution in [0, 0.1) is 0 Å². The first kappa shape index (κ1) is 13.0. The highest BCUT2D eigenvalue weighted by Gasteiger charge is 2.22. The number of carbonyl (C=O) groups excluding carboxylic acids is 1. The van der Waals surface area contributed by atoms with Gasteiger partial charge >= 0.3 is 0 Å². The molecule has 0 saturated heterocycles. The largest absolute Gasteiger partial charge is 0.295 e. The maximum absolute atomic E-state index is 12.2. The number of rotatable bonds is 2. The summed E-state index contributed by atoms with van der Waals surface area (Å²) in [5, 5.41) is 2.30. The minimum absolute atomic E-state index is 0.124. The Bertz CT molecular complexity index is 918. The van der Waals surface area contributed by atoms with E-state index in [1.807, 2.05) is 18.2 Å². The minimum Gasteiger partial charge on any atom is -0.295 e. The first-order valence-electron chi connectivity index (χ1n) is 7.55. The molecule has 106 valence electrons. The second-order valence-corrected chi connectivity index (χ2v) is 5.81. The van der Waals surface area contributed by atoms with Gasteiger partial charge in [0.2, 0.25) is 0 Å². The first-order valence-corrected chi connectivity index (χ1v) is 7.55. The first-order chi connectivity index (χ1) is 10.7. The number of allylic oxidation sites excluding steroid dienone is 1. The van der Waals surface area contributed by atoms with Gasteiger partial charge in [0.15, 0.2) is 5.78 Å². The predicted octanol–water partition coefficient (Wildman–Crippen LogP) is 5.20. The van der Waals surface area contributed by atoms with Crippen LogP contribution in [0.1, 0.15) is 39.9 Å². The lowest BCUT2D eigenvalue weighted by Crippen LogP contribution is -2.05. The standard InChI is InChI=1S/C21H16O/c1-14(22)20-12-16-7-2-3-8-17(16)13-21(20)19-11-10-15-6-4-5-9-18(15)19/h2-13,19H,1H3. The molecule has 0 bridgehead atoms. The Balaban J connectivity index is 1.97. The molecule has 1 aliphatic rings. The number of hydrogen-bond acceptors (Lipinski definition) is 1. The summed E-state index contributed by atoms with van der Waals surface area (Å²) in [5.41, 5.74) is 4.45. The van der Waals surface area contributed by atoms with Crippen molar-refractivity contribution in [1.29, 1.82) is 0 Å². The van der Waals surface area contributed by atoms with Crippen molar-refractivity contribution in [2.75, 3.05) is 0 Å². The molecule has 3 aromatic rings. The molecule has 1 atom stereocenters. The van der Waals surface area contributed by atoms with Gasteiger partial charge in [-0.05, 0) is 46.5 Å². The highest BCUT2D eigenvalue weighted by atomic mass is 16.1. The molecule has 0 saturated carbocycles. The van der Waals surface area contributed by atoms with Crippen LogP contribution in [0.25, 0.3) is 16.8 Å². The lowest BCUT2D eigenvalue weighted by atomic mass is 9.86. The smallest absolute Gasteiger partial charge is 0.160 e. The lowest BCUT2D eigenvalue weighted by molar-refractivity contribution is 0.101. The number of ketones is 1. The molecular formula is C21H16O. The quantitative estimate of drug-likeness (QED) is 0.591. The van der Waals surface area contributed by atoms with Gasteiger partial charge in [0.1, 0.15) is 0 Å². The molecule has 1 heteroatoms. The summed E-state index contributed by atoms with van der Waals surface area (Å²) in [6.07, 6.45) is 4.35. The van der Waals surface area contributed by atoms with E-state index in [1.54, 1.807) is 6.92 Å². The monoisotopic (exact) mass is 284 g/mol. The van der Waals surface area contributed by atoms with Crippen molar-refractivity contribution in [3.8, 4) is 0 Å². The van der Waals surface area contributed by atoms with Crippen LogP contribution in [0.2, 0.25) is 0 Å². The van der Waals surface area contributed by atoms with E-state index in [0.717, 1.165) is 16.5 Å². The summed E-state index contributed by atoms with van der Waals surface area (Å²) < 4.78 is 0. The van der Waals surface area contributed by atoms with E-state index >= 15 is 0 Å². The Morgan fingerprint density at radius 2 is 1.55 bits per heavy atom. The van der Waals surface area contributed by atoms with Gasteiger partial charge in [0.05, 0.1) is 0 Å². The van der Waals surface area contributed by atoms with E-state index in [-0.39, 0.29) is 11.7 Å². The highest BCUT2D eigenvalue weighted by Crippen LogP contribution is 2.38. The zero-order valence-corrected chi connectivity index (χ0v) is 12.4. The van der Waals surface area contributed by atoms with Gasteiger partial charge in [0, 0.05) is 11.5 Å². The molecule has 0 spiro atoms. The molecule has 1 nitrogen and oxygen atoms in total. The third-order valence-electron chi connectivity index (χ3n) is 4.43. The van der Waals surface area contributed by atoms with Crippen molar-refractivity contribution < 1.29 is 4.79 Å². The third kappa shape index (κ3) is 1.98. The molecule has 4 rings (SSSR count). The zero-order valence-electron chi connectivity index (χ0n) is 12.4. The lowest BCUT2D eigenvalue weighted by Gasteiger charge is -2.16. The van der Waals surface area contributed by atoms with Crippen molar-refractivity contribution in [2.24, 2.45) is 0 Å². The van der Waals surface area contributed by atoms with Gasteiger partial charge in [-0.25, -0.2) is 0 Å². The molecule has 1 unspecified atom stereocenters. The van der Waals surface area contributed by atoms with Gasteiger partial charge in [-0.15, -0.1) is 0 Å². The van der Waals surface area contributed by atoms with Gasteiger partial charge < -0.3 is 0 Å². The van der Waals surface area contributed by atoms with Crippen molar-refractivity contribution in [3.05, 3.63) is 89.0 Å². The van der Waals surface area contributed by atoms with Gasteiger partial charge in [-0.2, -0.15) is 0 Å². The Hall–Kier alpha value is -2.67. The van der Waals surface area contributed by atoms with Crippen LogP contribution in [-0.2, 0) is 0 Å². The number of carbonyl (C=O) groups is 1. The Morgan fingerprint density at radius 3 is 2.32 bits per heavy atom. The molecule has 0 heterocycles. The summed E-state index contributed by atoms with van der Waals surface area (Å²) in [5.74, 6) is 0.290. The van der Waals surface area contributed by atoms with Gasteiger partial charge in [-0.1, -0.05) is 60.7 Å². The highest BCUT2D eigenvalue weighted by molar-refractivity contribution is 6.01. The molecule has 3 aromatic carbocycles. The average molecular weight is 284 g/mol. The van der Waals surface area contributed by atoms with E-state index in [1.165, 1.54) is 16.5 Å². The van der Waals surface area contributed by atoms with E-state index in [2.05, 4.69) is 54.6 Å². The molecule has 0 aromatic heterocycles. The molecular weight excluding hydrogens is 268 g/mol. The van der Waals surface area contributed by atoms with Crippen LogP contribution in [0.5, 0.6) is 0 Å². The maximum Gasteiger partial charge on any atom is 0.160 e. The van der Waals surface area contributed by atoms with Crippen molar-refractivity contribution in [3.63, 3.8) is 0 Å². The van der Waals surface area contributed by atoms with Crippen LogP contribution >= 0.6 is 0 Å². The van der Waals surface area contributed by atoms with Crippen molar-refractivity contribution >= 4 is 22.6 Å². The van der Waals surface area contributed by atoms with Crippen LogP contribution < -0.4 is 0 Å². The predicted molar refractivity (Wildman–Crippen MR) is 91.3 cm³/mol.